The maximum Gasteiger partial charge on any atom is 0.355 e. The molecule has 16 heteroatoms. The third kappa shape index (κ3) is 10.6. The number of carboxylic acids is 1. The van der Waals surface area contributed by atoms with E-state index in [0.29, 0.717) is 60.3 Å². The average molecular weight is 1030 g/mol. The number of rotatable bonds is 14. The molecule has 1 saturated carbocycles. The van der Waals surface area contributed by atoms with Crippen LogP contribution in [-0.2, 0) is 29.6 Å². The normalized spacial score (nSPS) is 19.5. The second-order valence-electron chi connectivity index (χ2n) is 21.8. The van der Waals surface area contributed by atoms with Crippen molar-refractivity contribution >= 4 is 72.8 Å². The van der Waals surface area contributed by atoms with E-state index >= 15 is 0 Å². The number of hydrogen-bond donors (Lipinski definition) is 3. The number of piperidine rings is 1. The predicted molar refractivity (Wildman–Crippen MR) is 294 cm³/mol. The maximum atomic E-state index is 13.7. The van der Waals surface area contributed by atoms with Gasteiger partial charge in [0.25, 0.3) is 5.91 Å². The van der Waals surface area contributed by atoms with E-state index in [0.717, 1.165) is 113 Å². The molecule has 0 radical (unpaired) electrons. The highest BCUT2D eigenvalue weighted by atomic mass is 32.1. The molecule has 0 spiro atoms. The van der Waals surface area contributed by atoms with Gasteiger partial charge in [0, 0.05) is 81.5 Å². The van der Waals surface area contributed by atoms with Crippen LogP contribution in [0.3, 0.4) is 0 Å². The Morgan fingerprint density at radius 2 is 1.65 bits per heavy atom. The van der Waals surface area contributed by atoms with Crippen molar-refractivity contribution in [2.24, 2.45) is 18.4 Å². The van der Waals surface area contributed by atoms with Gasteiger partial charge in [0.1, 0.15) is 11.6 Å². The monoisotopic (exact) mass is 1030 g/mol. The Bertz CT molecular complexity index is 3300. The number of benzene rings is 4. The van der Waals surface area contributed by atoms with Crippen molar-refractivity contribution in [3.05, 3.63) is 125 Å². The van der Waals surface area contributed by atoms with E-state index in [1.54, 1.807) is 0 Å². The summed E-state index contributed by atoms with van der Waals surface area (Å²) >= 11 is 1.44. The number of piperazine rings is 1. The van der Waals surface area contributed by atoms with E-state index in [-0.39, 0.29) is 34.9 Å². The molecule has 1 aliphatic carbocycles. The molecule has 3 aliphatic heterocycles. The van der Waals surface area contributed by atoms with Crippen LogP contribution in [-0.4, -0.2) is 98.8 Å². The molecule has 4 aromatic carbocycles. The lowest BCUT2D eigenvalue weighted by Gasteiger charge is -2.40. The van der Waals surface area contributed by atoms with Crippen LogP contribution in [0.5, 0.6) is 5.75 Å². The molecule has 388 valence electrons. The van der Waals surface area contributed by atoms with Crippen molar-refractivity contribution in [3.8, 4) is 16.9 Å². The van der Waals surface area contributed by atoms with Gasteiger partial charge in [-0.1, -0.05) is 61.6 Å². The lowest BCUT2D eigenvalue weighted by molar-refractivity contribution is -0.134. The van der Waals surface area contributed by atoms with Gasteiger partial charge in [-0.25, -0.2) is 14.8 Å². The number of aromatic nitrogens is 4. The van der Waals surface area contributed by atoms with Crippen molar-refractivity contribution < 1.29 is 29.0 Å². The first-order chi connectivity index (χ1) is 36.2. The van der Waals surface area contributed by atoms with Gasteiger partial charge in [0.05, 0.1) is 33.4 Å². The van der Waals surface area contributed by atoms with Crippen molar-refractivity contribution in [1.29, 1.82) is 0 Å². The van der Waals surface area contributed by atoms with Crippen molar-refractivity contribution in [2.75, 3.05) is 54.4 Å². The second kappa shape index (κ2) is 20.9. The maximum absolute atomic E-state index is 13.7. The van der Waals surface area contributed by atoms with Gasteiger partial charge in [0.2, 0.25) is 11.8 Å². The molecule has 1 unspecified atom stereocenters. The number of ether oxygens (including phenoxy) is 1. The van der Waals surface area contributed by atoms with Crippen LogP contribution in [0.25, 0.3) is 32.2 Å². The molecule has 15 nitrogen and oxygen atoms in total. The minimum Gasteiger partial charge on any atom is -0.490 e. The fourth-order valence-electron chi connectivity index (χ4n) is 12.0. The minimum atomic E-state index is -1.10. The van der Waals surface area contributed by atoms with Crippen LogP contribution in [0, 0.1) is 18.3 Å². The number of para-hydroxylation sites is 1. The molecule has 3 aromatic heterocycles. The Hall–Kier alpha value is -7.17. The predicted octanol–water partition coefficient (Wildman–Crippen LogP) is 10.2. The number of aromatic carboxylic acids is 1. The smallest absolute Gasteiger partial charge is 0.355 e. The van der Waals surface area contributed by atoms with Gasteiger partial charge in [-0.3, -0.25) is 34.6 Å². The average Bonchev–Trinajstić information content (AvgIpc) is 3.98. The Balaban J connectivity index is 0.665. The van der Waals surface area contributed by atoms with Gasteiger partial charge in [-0.2, -0.15) is 5.10 Å². The van der Waals surface area contributed by atoms with Gasteiger partial charge < -0.3 is 19.6 Å². The topological polar surface area (TPSA) is 175 Å². The van der Waals surface area contributed by atoms with E-state index in [1.807, 2.05) is 85.4 Å². The number of imide groups is 1. The minimum absolute atomic E-state index is 0.0188. The molecule has 3 amide bonds. The summed E-state index contributed by atoms with van der Waals surface area (Å²) < 4.78 is 9.59. The highest BCUT2D eigenvalue weighted by molar-refractivity contribution is 7.22. The van der Waals surface area contributed by atoms with E-state index in [2.05, 4.69) is 68.4 Å². The first-order valence-electron chi connectivity index (χ1n) is 26.5. The van der Waals surface area contributed by atoms with Crippen LogP contribution in [0.1, 0.15) is 114 Å². The van der Waals surface area contributed by atoms with Gasteiger partial charge in [0.15, 0.2) is 10.8 Å². The summed E-state index contributed by atoms with van der Waals surface area (Å²) in [5.74, 6) is -0.227. The number of carbonyl (C=O) groups excluding carboxylic acids is 3. The number of amides is 3. The third-order valence-corrected chi connectivity index (χ3v) is 17.1. The number of fused-ring (bicyclic) bond motifs is 3. The SMILES string of the molecule is Cc1c(OC2CCC(CCC(C)(C)CN3CCN(c4ccc5c(C6CCC(=O)NC6=O)nn(C)c5c4)CC3)CC2)cccc1-c1ccc(N2CCc3cccc(C(=O)Nc4nc5ccccc5s4)c3C2)nc1C(=O)O. The van der Waals surface area contributed by atoms with E-state index in [1.165, 1.54) is 29.9 Å². The number of pyridine rings is 1. The summed E-state index contributed by atoms with van der Waals surface area (Å²) in [6.07, 6.45) is 8.20. The van der Waals surface area contributed by atoms with E-state index in [4.69, 9.17) is 14.8 Å². The summed E-state index contributed by atoms with van der Waals surface area (Å²) in [6, 6.07) is 29.6. The summed E-state index contributed by atoms with van der Waals surface area (Å²) in [7, 11) is 1.92. The largest absolute Gasteiger partial charge is 0.490 e. The summed E-state index contributed by atoms with van der Waals surface area (Å²) in [5.41, 5.74) is 8.69. The number of thiazole rings is 1. The number of aryl methyl sites for hydroxylation is 1. The zero-order valence-electron chi connectivity index (χ0n) is 43.2. The van der Waals surface area contributed by atoms with Crippen molar-refractivity contribution in [3.63, 3.8) is 0 Å². The number of anilines is 3. The third-order valence-electron chi connectivity index (χ3n) is 16.2. The number of hydrogen-bond acceptors (Lipinski definition) is 12. The molecule has 75 heavy (non-hydrogen) atoms. The quantitative estimate of drug-likeness (QED) is 0.0881. The van der Waals surface area contributed by atoms with Gasteiger partial charge in [-0.15, -0.1) is 0 Å². The Morgan fingerprint density at radius 1 is 0.853 bits per heavy atom. The Kier molecular flexibility index (Phi) is 13.9. The fourth-order valence-corrected chi connectivity index (χ4v) is 12.8. The molecule has 6 heterocycles. The van der Waals surface area contributed by atoms with E-state index in [9.17, 15) is 24.3 Å². The molecular formula is C59H65N9O6S. The molecule has 1 atom stereocenters. The molecule has 11 rings (SSSR count). The van der Waals surface area contributed by atoms with Crippen LogP contribution < -0.4 is 25.2 Å². The number of carboxylic acid groups (broad SMARTS) is 1. The number of carbonyl (C=O) groups is 4. The standard InChI is InChI=1S/C59H65N9O6S/c1-36-41(42-21-23-51(61-54(42)57(72)73)68-28-26-38-9-7-11-43(46(38)34-68)55(70)63-58-60-47-12-5-6-14-50(47)75-58)10-8-13-49(36)74-40-18-15-37(16-19-40)25-27-59(2,3)35-66-29-31-67(32-30-66)39-17-20-44-48(33-39)65(4)64-53(44)45-22-24-52(69)62-56(45)71/h5-14,17,20-21,23,33,37,40,45H,15-16,18-19,22,24-32,34-35H2,1-4H3,(H,72,73)(H,60,63,70)(H,62,69,71). The molecule has 0 bridgehead atoms. The Labute approximate surface area is 441 Å². The molecule has 2 saturated heterocycles. The number of nitrogens with one attached hydrogen (secondary N) is 2. The molecular weight excluding hydrogens is 963 g/mol. The van der Waals surface area contributed by atoms with Crippen LogP contribution >= 0.6 is 11.3 Å². The lowest BCUT2D eigenvalue weighted by atomic mass is 9.78. The first-order valence-corrected chi connectivity index (χ1v) is 27.4. The zero-order valence-corrected chi connectivity index (χ0v) is 44.0. The van der Waals surface area contributed by atoms with Crippen LogP contribution in [0.15, 0.2) is 91.0 Å². The van der Waals surface area contributed by atoms with E-state index < -0.39 is 11.9 Å². The van der Waals surface area contributed by atoms with Crippen LogP contribution in [0.4, 0.5) is 16.6 Å². The highest BCUT2D eigenvalue weighted by Gasteiger charge is 2.33. The molecule has 3 fully saturated rings. The van der Waals surface area contributed by atoms with Gasteiger partial charge in [-0.05, 0) is 146 Å². The molecule has 7 aromatic rings. The summed E-state index contributed by atoms with van der Waals surface area (Å²) in [5, 5.41) is 22.3. The lowest BCUT2D eigenvalue weighted by Crippen LogP contribution is -2.49. The number of nitrogens with zero attached hydrogens (tertiary/aromatic N) is 7. The molecule has 3 N–H and O–H groups in total. The van der Waals surface area contributed by atoms with Crippen molar-refractivity contribution in [1.82, 2.24) is 30.0 Å². The van der Waals surface area contributed by atoms with Gasteiger partial charge >= 0.3 is 5.97 Å². The highest BCUT2D eigenvalue weighted by Crippen LogP contribution is 2.39. The van der Waals surface area contributed by atoms with Crippen molar-refractivity contribution in [2.45, 2.75) is 97.1 Å². The van der Waals surface area contributed by atoms with Crippen LogP contribution in [0.2, 0.25) is 0 Å². The first kappa shape index (κ1) is 50.0. The fraction of sp³-hybridized carbons (Fsp3) is 0.407. The summed E-state index contributed by atoms with van der Waals surface area (Å²) in [6.45, 7) is 12.8. The Morgan fingerprint density at radius 3 is 2.44 bits per heavy atom. The zero-order chi connectivity index (χ0) is 52.0. The summed E-state index contributed by atoms with van der Waals surface area (Å²) in [4.78, 5) is 67.5. The molecule has 4 aliphatic rings. The second-order valence-corrected chi connectivity index (χ2v) is 22.8.